The standard InChI is InChI=1S/C14H19N3O/c1-4-12-16-13(14(18)15-9-10(2)3)11-7-5-6-8-17(11)12/h5-8,10H,4,9H2,1-3H3,(H,15,18). The lowest BCUT2D eigenvalue weighted by atomic mass is 10.2. The molecule has 1 N–H and O–H groups in total. The van der Waals surface area contributed by atoms with Crippen molar-refractivity contribution in [1.82, 2.24) is 14.7 Å². The zero-order chi connectivity index (χ0) is 13.1. The largest absolute Gasteiger partial charge is 0.350 e. The first-order chi connectivity index (χ1) is 8.63. The van der Waals surface area contributed by atoms with Gasteiger partial charge in [0, 0.05) is 19.2 Å². The molecule has 0 spiro atoms. The van der Waals surface area contributed by atoms with Gasteiger partial charge in [0.1, 0.15) is 5.82 Å². The molecule has 0 aliphatic heterocycles. The average Bonchev–Trinajstić information content (AvgIpc) is 2.75. The molecule has 0 unspecified atom stereocenters. The van der Waals surface area contributed by atoms with Crippen LogP contribution in [0.5, 0.6) is 0 Å². The Balaban J connectivity index is 2.35. The van der Waals surface area contributed by atoms with Gasteiger partial charge in [-0.3, -0.25) is 4.79 Å². The second-order valence-electron chi connectivity index (χ2n) is 4.79. The third-order valence-electron chi connectivity index (χ3n) is 2.82. The Morgan fingerprint density at radius 3 is 2.89 bits per heavy atom. The number of aromatic nitrogens is 2. The van der Waals surface area contributed by atoms with Gasteiger partial charge in [-0.15, -0.1) is 0 Å². The SMILES string of the molecule is CCc1nc(C(=O)NCC(C)C)c2ccccn12. The first-order valence-electron chi connectivity index (χ1n) is 6.37. The number of hydrogen-bond acceptors (Lipinski definition) is 2. The van der Waals surface area contributed by atoms with E-state index in [2.05, 4.69) is 24.1 Å². The van der Waals surface area contributed by atoms with Gasteiger partial charge in [0.15, 0.2) is 5.69 Å². The van der Waals surface area contributed by atoms with E-state index in [0.29, 0.717) is 18.2 Å². The lowest BCUT2D eigenvalue weighted by Crippen LogP contribution is -2.27. The summed E-state index contributed by atoms with van der Waals surface area (Å²) in [5.41, 5.74) is 1.39. The summed E-state index contributed by atoms with van der Waals surface area (Å²) in [5, 5.41) is 2.91. The molecule has 2 aromatic heterocycles. The van der Waals surface area contributed by atoms with E-state index in [1.54, 1.807) is 0 Å². The van der Waals surface area contributed by atoms with Gasteiger partial charge >= 0.3 is 0 Å². The summed E-state index contributed by atoms with van der Waals surface area (Å²) in [6.45, 7) is 6.86. The third-order valence-corrected chi connectivity index (χ3v) is 2.82. The fourth-order valence-corrected chi connectivity index (χ4v) is 1.90. The summed E-state index contributed by atoms with van der Waals surface area (Å²) in [6.07, 6.45) is 2.75. The van der Waals surface area contributed by atoms with E-state index in [-0.39, 0.29) is 5.91 Å². The molecule has 1 amide bonds. The first kappa shape index (κ1) is 12.6. The number of carbonyl (C=O) groups excluding carboxylic acids is 1. The van der Waals surface area contributed by atoms with Crippen LogP contribution in [0.1, 0.15) is 37.1 Å². The van der Waals surface area contributed by atoms with Crippen molar-refractivity contribution in [3.63, 3.8) is 0 Å². The highest BCUT2D eigenvalue weighted by molar-refractivity contribution is 5.99. The van der Waals surface area contributed by atoms with Crippen LogP contribution >= 0.6 is 0 Å². The minimum atomic E-state index is -0.0906. The molecule has 0 aromatic carbocycles. The molecule has 0 saturated carbocycles. The highest BCUT2D eigenvalue weighted by Gasteiger charge is 2.16. The minimum absolute atomic E-state index is 0.0906. The number of fused-ring (bicyclic) bond motifs is 1. The number of pyridine rings is 1. The second-order valence-corrected chi connectivity index (χ2v) is 4.79. The predicted molar refractivity (Wildman–Crippen MR) is 71.7 cm³/mol. The van der Waals surface area contributed by atoms with E-state index in [0.717, 1.165) is 17.8 Å². The summed E-state index contributed by atoms with van der Waals surface area (Å²) >= 11 is 0. The highest BCUT2D eigenvalue weighted by atomic mass is 16.1. The average molecular weight is 245 g/mol. The van der Waals surface area contributed by atoms with Gasteiger partial charge in [-0.25, -0.2) is 4.98 Å². The van der Waals surface area contributed by atoms with E-state index in [1.807, 2.05) is 35.7 Å². The van der Waals surface area contributed by atoms with Crippen LogP contribution in [-0.2, 0) is 6.42 Å². The maximum atomic E-state index is 12.1. The van der Waals surface area contributed by atoms with Gasteiger partial charge in [0.2, 0.25) is 0 Å². The molecule has 96 valence electrons. The van der Waals surface area contributed by atoms with E-state index in [9.17, 15) is 4.79 Å². The quantitative estimate of drug-likeness (QED) is 0.898. The van der Waals surface area contributed by atoms with Crippen molar-refractivity contribution in [2.45, 2.75) is 27.2 Å². The smallest absolute Gasteiger partial charge is 0.272 e. The fourth-order valence-electron chi connectivity index (χ4n) is 1.90. The lowest BCUT2D eigenvalue weighted by Gasteiger charge is -2.05. The maximum absolute atomic E-state index is 12.1. The number of aryl methyl sites for hydroxylation is 1. The Morgan fingerprint density at radius 1 is 1.44 bits per heavy atom. The summed E-state index contributed by atoms with van der Waals surface area (Å²) in [6, 6.07) is 5.80. The Morgan fingerprint density at radius 2 is 2.22 bits per heavy atom. The number of hydrogen-bond donors (Lipinski definition) is 1. The van der Waals surface area contributed by atoms with Crippen LogP contribution in [0.25, 0.3) is 5.52 Å². The molecule has 0 radical (unpaired) electrons. The number of nitrogens with one attached hydrogen (secondary N) is 1. The molecular formula is C14H19N3O. The molecule has 0 aliphatic carbocycles. The van der Waals surface area contributed by atoms with E-state index >= 15 is 0 Å². The van der Waals surface area contributed by atoms with Crippen molar-refractivity contribution in [2.24, 2.45) is 5.92 Å². The maximum Gasteiger partial charge on any atom is 0.272 e. The second kappa shape index (κ2) is 5.21. The van der Waals surface area contributed by atoms with E-state index < -0.39 is 0 Å². The van der Waals surface area contributed by atoms with Crippen molar-refractivity contribution >= 4 is 11.4 Å². The molecular weight excluding hydrogens is 226 g/mol. The summed E-state index contributed by atoms with van der Waals surface area (Å²) in [5.74, 6) is 1.26. The molecule has 18 heavy (non-hydrogen) atoms. The number of imidazole rings is 1. The molecule has 4 heteroatoms. The van der Waals surface area contributed by atoms with Crippen LogP contribution < -0.4 is 5.32 Å². The Labute approximate surface area is 107 Å². The molecule has 2 rings (SSSR count). The van der Waals surface area contributed by atoms with Crippen molar-refractivity contribution in [2.75, 3.05) is 6.54 Å². The van der Waals surface area contributed by atoms with E-state index in [1.165, 1.54) is 0 Å². The van der Waals surface area contributed by atoms with Gasteiger partial charge in [0.25, 0.3) is 5.91 Å². The van der Waals surface area contributed by atoms with Crippen molar-refractivity contribution in [3.05, 3.63) is 35.9 Å². The molecule has 0 atom stereocenters. The molecule has 0 aliphatic rings. The predicted octanol–water partition coefficient (Wildman–Crippen LogP) is 2.28. The van der Waals surface area contributed by atoms with Crippen molar-refractivity contribution in [3.8, 4) is 0 Å². The van der Waals surface area contributed by atoms with Crippen molar-refractivity contribution in [1.29, 1.82) is 0 Å². The number of nitrogens with zero attached hydrogens (tertiary/aromatic N) is 2. The Bertz CT molecular complexity index is 557. The van der Waals surface area contributed by atoms with Gasteiger partial charge in [-0.05, 0) is 18.1 Å². The van der Waals surface area contributed by atoms with Crippen LogP contribution in [0, 0.1) is 5.92 Å². The van der Waals surface area contributed by atoms with Gasteiger partial charge in [0.05, 0.1) is 5.52 Å². The number of carbonyl (C=O) groups is 1. The summed E-state index contributed by atoms with van der Waals surface area (Å²) in [4.78, 5) is 16.5. The van der Waals surface area contributed by atoms with Gasteiger partial charge < -0.3 is 9.72 Å². The summed E-state index contributed by atoms with van der Waals surface area (Å²) < 4.78 is 1.98. The Hall–Kier alpha value is -1.84. The van der Waals surface area contributed by atoms with Crippen LogP contribution in [0.4, 0.5) is 0 Å². The Kier molecular flexibility index (Phi) is 3.65. The molecule has 0 saturated heterocycles. The molecule has 4 nitrogen and oxygen atoms in total. The summed E-state index contributed by atoms with van der Waals surface area (Å²) in [7, 11) is 0. The topological polar surface area (TPSA) is 46.4 Å². The van der Waals surface area contributed by atoms with Crippen LogP contribution in [-0.4, -0.2) is 21.8 Å². The zero-order valence-corrected chi connectivity index (χ0v) is 11.1. The van der Waals surface area contributed by atoms with Crippen LogP contribution in [0.15, 0.2) is 24.4 Å². The molecule has 0 bridgehead atoms. The monoisotopic (exact) mass is 245 g/mol. The van der Waals surface area contributed by atoms with Crippen LogP contribution in [0.3, 0.4) is 0 Å². The molecule has 0 fully saturated rings. The molecule has 2 aromatic rings. The minimum Gasteiger partial charge on any atom is -0.350 e. The zero-order valence-electron chi connectivity index (χ0n) is 11.1. The third kappa shape index (κ3) is 2.37. The van der Waals surface area contributed by atoms with Gasteiger partial charge in [-0.1, -0.05) is 26.8 Å². The normalized spacial score (nSPS) is 11.1. The number of rotatable bonds is 4. The fraction of sp³-hybridized carbons (Fsp3) is 0.429. The van der Waals surface area contributed by atoms with E-state index in [4.69, 9.17) is 0 Å². The first-order valence-corrected chi connectivity index (χ1v) is 6.37. The highest BCUT2D eigenvalue weighted by Crippen LogP contribution is 2.13. The molecule has 2 heterocycles. The lowest BCUT2D eigenvalue weighted by molar-refractivity contribution is 0.0946. The van der Waals surface area contributed by atoms with Crippen LogP contribution in [0.2, 0.25) is 0 Å². The van der Waals surface area contributed by atoms with Crippen molar-refractivity contribution < 1.29 is 4.79 Å². The number of amides is 1. The van der Waals surface area contributed by atoms with Gasteiger partial charge in [-0.2, -0.15) is 0 Å².